The number of rotatable bonds is 0. The zero-order valence-electron chi connectivity index (χ0n) is 19.8. The molecule has 0 saturated carbocycles. The molecule has 0 bridgehead atoms. The summed E-state index contributed by atoms with van der Waals surface area (Å²) in [5, 5.41) is 0.808. The van der Waals surface area contributed by atoms with Crippen molar-refractivity contribution < 1.29 is 13.7 Å². The second kappa shape index (κ2) is 3.53. The Labute approximate surface area is 137 Å². The number of fused-ring (bicyclic) bond motifs is 3. The summed E-state index contributed by atoms with van der Waals surface area (Å²) in [6, 6.07) is -3.56. The minimum absolute atomic E-state index is 0.00216. The van der Waals surface area contributed by atoms with Gasteiger partial charge in [0.1, 0.15) is 0 Å². The highest BCUT2D eigenvalue weighted by Gasteiger charge is 2.16. The van der Waals surface area contributed by atoms with Crippen LogP contribution >= 0.6 is 15.9 Å². The Bertz CT molecular complexity index is 1490. The van der Waals surface area contributed by atoms with E-state index in [1.165, 1.54) is 0 Å². The number of benzene rings is 4. The van der Waals surface area contributed by atoms with E-state index in [0.717, 1.165) is 4.98 Å². The zero-order chi connectivity index (χ0) is 22.0. The Balaban J connectivity index is 2.42. The van der Waals surface area contributed by atoms with E-state index in [9.17, 15) is 0 Å². The van der Waals surface area contributed by atoms with Crippen molar-refractivity contribution in [2.24, 2.45) is 0 Å². The van der Waals surface area contributed by atoms with Gasteiger partial charge >= 0.3 is 0 Å². The summed E-state index contributed by atoms with van der Waals surface area (Å²) in [6.45, 7) is 0. The molecule has 0 fully saturated rings. The molecule has 0 aliphatic heterocycles. The summed E-state index contributed by atoms with van der Waals surface area (Å²) in [5.74, 6) is 0. The largest absolute Gasteiger partial charge is 0.354 e. The van der Waals surface area contributed by atoms with E-state index in [1.54, 1.807) is 0 Å². The van der Waals surface area contributed by atoms with Gasteiger partial charge in [-0.05, 0) is 34.3 Å². The van der Waals surface area contributed by atoms with Gasteiger partial charge in [-0.1, -0.05) is 52.2 Å². The molecule has 1 heterocycles. The van der Waals surface area contributed by atoms with Crippen molar-refractivity contribution in [3.8, 4) is 0 Å². The second-order valence-electron chi connectivity index (χ2n) is 4.50. The van der Waals surface area contributed by atoms with Crippen LogP contribution in [-0.2, 0) is 0 Å². The van der Waals surface area contributed by atoms with E-state index in [0.29, 0.717) is 0 Å². The highest BCUT2D eigenvalue weighted by Crippen LogP contribution is 2.43. The molecular formula is C18H10BrN. The minimum Gasteiger partial charge on any atom is -0.354 e. The normalized spacial score (nSPS) is 19.2. The molecule has 0 amide bonds. The van der Waals surface area contributed by atoms with Crippen LogP contribution in [0.3, 0.4) is 0 Å². The van der Waals surface area contributed by atoms with E-state index >= 15 is 0 Å². The van der Waals surface area contributed by atoms with Gasteiger partial charge in [-0.2, -0.15) is 0 Å². The second-order valence-corrected chi connectivity index (χ2v) is 5.29. The number of aromatic amines is 1. The summed E-state index contributed by atoms with van der Waals surface area (Å²) in [4.78, 5) is 0.798. The number of hydrogen-bond donors (Lipinski definition) is 1. The number of halogens is 1. The predicted molar refractivity (Wildman–Crippen MR) is 89.7 cm³/mol. The lowest BCUT2D eigenvalue weighted by Gasteiger charge is -2.09. The number of aromatic nitrogens is 1. The summed E-state index contributed by atoms with van der Waals surface area (Å²) < 4.78 is 83.5. The monoisotopic (exact) mass is 329 g/mol. The maximum atomic E-state index is 8.51. The summed E-state index contributed by atoms with van der Waals surface area (Å²) in [7, 11) is 0. The molecule has 20 heavy (non-hydrogen) atoms. The number of hydrogen-bond acceptors (Lipinski definition) is 0. The molecule has 94 valence electrons. The van der Waals surface area contributed by atoms with Crippen LogP contribution < -0.4 is 0 Å². The van der Waals surface area contributed by atoms with Crippen molar-refractivity contribution in [1.82, 2.24) is 4.98 Å². The highest BCUT2D eigenvalue weighted by molar-refractivity contribution is 9.10. The van der Waals surface area contributed by atoms with Gasteiger partial charge in [0.2, 0.25) is 0 Å². The van der Waals surface area contributed by atoms with E-state index in [2.05, 4.69) is 15.9 Å². The Morgan fingerprint density at radius 3 is 2.35 bits per heavy atom. The lowest BCUT2D eigenvalue weighted by molar-refractivity contribution is 1.55. The Kier molecular flexibility index (Phi) is 0.890. The molecule has 0 radical (unpaired) electrons. The predicted octanol–water partition coefficient (Wildman–Crippen LogP) is 5.83. The van der Waals surface area contributed by atoms with E-state index in [-0.39, 0.29) is 78.0 Å². The number of H-pyrrole nitrogens is 1. The van der Waals surface area contributed by atoms with E-state index in [1.807, 2.05) is 0 Å². The van der Waals surface area contributed by atoms with Crippen molar-refractivity contribution in [3.05, 3.63) is 58.9 Å². The van der Waals surface area contributed by atoms with Gasteiger partial charge in [0.25, 0.3) is 0 Å². The third kappa shape index (κ3) is 1.14. The highest BCUT2D eigenvalue weighted by atomic mass is 79.9. The van der Waals surface area contributed by atoms with Crippen LogP contribution in [0.2, 0.25) is 1.41 Å². The number of nitrogens with one attached hydrogen (secondary N) is 1. The molecule has 0 aliphatic rings. The Hall–Kier alpha value is -2.06. The summed E-state index contributed by atoms with van der Waals surface area (Å²) >= 11 is 3.30. The topological polar surface area (TPSA) is 15.8 Å². The molecular weight excluding hydrogens is 310 g/mol. The van der Waals surface area contributed by atoms with Crippen molar-refractivity contribution in [2.75, 3.05) is 0 Å². The first-order chi connectivity index (χ1) is 14.0. The smallest absolute Gasteiger partial charge is 0.167 e. The molecule has 5 rings (SSSR count). The average Bonchev–Trinajstić information content (AvgIpc) is 3.02. The van der Waals surface area contributed by atoms with Crippen LogP contribution in [0.25, 0.3) is 43.4 Å². The summed E-state index contributed by atoms with van der Waals surface area (Å²) in [5.41, 5.74) is -0.0441. The van der Waals surface area contributed by atoms with Crippen LogP contribution in [0.1, 0.15) is 12.3 Å². The fraction of sp³-hybridized carbons (Fsp3) is 0. The summed E-state index contributed by atoms with van der Waals surface area (Å²) in [6.07, 6.45) is 0. The minimum atomic E-state index is -0.503. The molecule has 0 saturated heterocycles. The third-order valence-electron chi connectivity index (χ3n) is 3.51. The van der Waals surface area contributed by atoms with Crippen LogP contribution in [0, 0.1) is 0 Å². The lowest BCUT2D eigenvalue weighted by Crippen LogP contribution is -1.82. The van der Waals surface area contributed by atoms with Crippen LogP contribution in [0.15, 0.2) is 58.9 Å². The molecule has 0 aliphatic carbocycles. The molecule has 0 atom stereocenters. The maximum Gasteiger partial charge on any atom is 0.167 e. The van der Waals surface area contributed by atoms with E-state index < -0.39 is 24.2 Å². The fourth-order valence-corrected chi connectivity index (χ4v) is 3.24. The molecule has 5 aromatic rings. The molecule has 1 N–H and O–H groups in total. The van der Waals surface area contributed by atoms with Crippen molar-refractivity contribution in [2.45, 2.75) is 0 Å². The van der Waals surface area contributed by atoms with Crippen molar-refractivity contribution in [1.29, 1.82) is 0 Å². The molecule has 2 heteroatoms. The van der Waals surface area contributed by atoms with Gasteiger partial charge in [-0.3, -0.25) is 0 Å². The van der Waals surface area contributed by atoms with Crippen LogP contribution in [0.5, 0.6) is 0 Å². The van der Waals surface area contributed by atoms with Gasteiger partial charge < -0.3 is 4.98 Å². The van der Waals surface area contributed by atoms with Crippen molar-refractivity contribution in [3.63, 3.8) is 0 Å². The Morgan fingerprint density at radius 1 is 0.750 bits per heavy atom. The lowest BCUT2D eigenvalue weighted by atomic mass is 9.94. The first-order valence-electron chi connectivity index (χ1n) is 10.8. The van der Waals surface area contributed by atoms with Crippen molar-refractivity contribution >= 4 is 59.3 Å². The maximum absolute atomic E-state index is 8.51. The molecule has 1 nitrogen and oxygen atoms in total. The van der Waals surface area contributed by atoms with Gasteiger partial charge in [-0.15, -0.1) is 0 Å². The van der Waals surface area contributed by atoms with Gasteiger partial charge in [0.15, 0.2) is 1.41 Å². The quantitative estimate of drug-likeness (QED) is 0.344. The van der Waals surface area contributed by atoms with Gasteiger partial charge in [0, 0.05) is 31.7 Å². The molecule has 0 spiro atoms. The zero-order valence-corrected chi connectivity index (χ0v) is 11.4. The SMILES string of the molecule is [2H]c1c([2H])c([2H])c2c(c1[2H])c1c([2H])c([2H])c([2H])c3c1c1c2c(Br)c([2H])c([2H])c1n3[2H]. The molecule has 4 aromatic carbocycles. The van der Waals surface area contributed by atoms with Crippen LogP contribution in [-0.4, -0.2) is 4.98 Å². The van der Waals surface area contributed by atoms with E-state index in [4.69, 9.17) is 13.7 Å². The van der Waals surface area contributed by atoms with Crippen LogP contribution in [0.4, 0.5) is 0 Å². The first kappa shape index (κ1) is 5.05. The first-order valence-corrected chi connectivity index (χ1v) is 6.68. The molecule has 1 aromatic heterocycles. The fourth-order valence-electron chi connectivity index (χ4n) is 2.74. The molecule has 0 unspecified atom stereocenters. The van der Waals surface area contributed by atoms with Gasteiger partial charge in [0.05, 0.1) is 12.3 Å². The third-order valence-corrected chi connectivity index (χ3v) is 4.11. The van der Waals surface area contributed by atoms with Gasteiger partial charge in [-0.25, -0.2) is 0 Å². The standard InChI is InChI=1S/C18H10BrN/c19-13-8-9-15-18-16(13)11-5-2-1-4-10(11)12-6-3-7-14(20-15)17(12)18/h1-9,20H/i1D,2D,3D,4D,5D,6D,7D,8D,9D/hD. The average molecular weight is 330 g/mol. The Morgan fingerprint density at radius 2 is 1.45 bits per heavy atom.